The van der Waals surface area contributed by atoms with Gasteiger partial charge in [0.25, 0.3) is 0 Å². The molecule has 2 heterocycles. The number of nitrogens with zero attached hydrogens (tertiary/aromatic N) is 5. The number of allylic oxidation sites excluding steroid dienone is 6. The molecule has 0 saturated heterocycles. The van der Waals surface area contributed by atoms with Crippen molar-refractivity contribution in [2.75, 3.05) is 97.7 Å². The predicted octanol–water partition coefficient (Wildman–Crippen LogP) is 7.56. The number of para-hydroxylation sites is 2. The average Bonchev–Trinajstić information content (AvgIpc) is 3.52. The Morgan fingerprint density at radius 1 is 0.768 bits per heavy atom. The maximum Gasteiger partial charge on any atom is 0.220 e. The lowest BCUT2D eigenvalue weighted by atomic mass is 9.81. The number of fused-ring (bicyclic) bond motifs is 2. The van der Waals surface area contributed by atoms with Crippen LogP contribution in [-0.2, 0) is 39.3 Å². The second-order valence-electron chi connectivity index (χ2n) is 14.9. The van der Waals surface area contributed by atoms with Crippen molar-refractivity contribution < 1.29 is 33.1 Å². The van der Waals surface area contributed by atoms with Gasteiger partial charge in [-0.3, -0.25) is 4.79 Å². The minimum absolute atomic E-state index is 0.0452. The maximum atomic E-state index is 12.4. The highest BCUT2D eigenvalue weighted by atomic mass is 16.6. The molecule has 12 nitrogen and oxygen atoms in total. The Kier molecular flexibility index (Phi) is 18.8. The minimum atomic E-state index is -0.109. The molecular weight excluding hydrogens is 709 g/mol. The summed E-state index contributed by atoms with van der Waals surface area (Å²) in [5, 5.41) is 6.36. The van der Waals surface area contributed by atoms with Gasteiger partial charge in [-0.25, -0.2) is 0 Å². The summed E-state index contributed by atoms with van der Waals surface area (Å²) in [6.07, 6.45) is 14.3. The van der Waals surface area contributed by atoms with Gasteiger partial charge in [0.05, 0.1) is 71.5 Å². The van der Waals surface area contributed by atoms with Gasteiger partial charge < -0.3 is 33.9 Å². The van der Waals surface area contributed by atoms with Crippen molar-refractivity contribution in [2.45, 2.75) is 64.2 Å². The van der Waals surface area contributed by atoms with Crippen molar-refractivity contribution in [2.24, 2.45) is 5.11 Å². The molecule has 2 aromatic rings. The highest BCUT2D eigenvalue weighted by Gasteiger charge is 2.42. The van der Waals surface area contributed by atoms with E-state index < -0.39 is 0 Å². The molecule has 4 rings (SSSR count). The summed E-state index contributed by atoms with van der Waals surface area (Å²) in [6.45, 7) is 15.5. The smallest absolute Gasteiger partial charge is 0.220 e. The number of hydrogen-bond acceptors (Lipinski definition) is 8. The molecular formula is C44H63N6O6+. The molecule has 0 aliphatic carbocycles. The van der Waals surface area contributed by atoms with Crippen LogP contribution >= 0.6 is 0 Å². The Balaban J connectivity index is 1.07. The Hall–Kier alpha value is -4.29. The largest absolute Gasteiger partial charge is 0.379 e. The molecule has 0 bridgehead atoms. The molecule has 56 heavy (non-hydrogen) atoms. The lowest BCUT2D eigenvalue weighted by Crippen LogP contribution is -2.28. The van der Waals surface area contributed by atoms with Crippen molar-refractivity contribution in [3.05, 3.63) is 106 Å². The number of unbranched alkanes of at least 4 members (excludes halogenated alkanes) is 2. The predicted molar refractivity (Wildman–Crippen MR) is 223 cm³/mol. The lowest BCUT2D eigenvalue weighted by Gasteiger charge is -2.27. The average molecular weight is 772 g/mol. The van der Waals surface area contributed by atoms with Gasteiger partial charge in [-0.1, -0.05) is 80.0 Å². The van der Waals surface area contributed by atoms with Crippen molar-refractivity contribution in [3.8, 4) is 0 Å². The summed E-state index contributed by atoms with van der Waals surface area (Å²) in [7, 11) is 2.15. The van der Waals surface area contributed by atoms with Gasteiger partial charge in [-0.2, -0.15) is 4.58 Å². The molecule has 2 aromatic carbocycles. The van der Waals surface area contributed by atoms with Gasteiger partial charge >= 0.3 is 0 Å². The molecule has 1 N–H and O–H groups in total. The lowest BCUT2D eigenvalue weighted by molar-refractivity contribution is -0.401. The first-order valence-electron chi connectivity index (χ1n) is 20.0. The van der Waals surface area contributed by atoms with Crippen LogP contribution in [0.5, 0.6) is 0 Å². The molecule has 0 fully saturated rings. The number of rotatable bonds is 27. The number of benzene rings is 2. The summed E-state index contributed by atoms with van der Waals surface area (Å²) in [6, 6.07) is 17.4. The summed E-state index contributed by atoms with van der Waals surface area (Å²) in [5.41, 5.74) is 15.9. The molecule has 0 atom stereocenters. The molecule has 0 spiro atoms. The summed E-state index contributed by atoms with van der Waals surface area (Å²) in [5.74, 6) is 0.0597. The number of nitrogens with one attached hydrogen (secondary N) is 1. The number of anilines is 1. The van der Waals surface area contributed by atoms with E-state index in [4.69, 9.17) is 29.2 Å². The third kappa shape index (κ3) is 13.1. The van der Waals surface area contributed by atoms with E-state index >= 15 is 0 Å². The molecule has 1 amide bonds. The summed E-state index contributed by atoms with van der Waals surface area (Å²) in [4.78, 5) is 17.6. The number of hydrogen-bond donors (Lipinski definition) is 1. The molecule has 2 aliphatic rings. The zero-order valence-electron chi connectivity index (χ0n) is 34.2. The second-order valence-corrected chi connectivity index (χ2v) is 14.9. The molecule has 304 valence electrons. The topological polar surface area (TPSA) is 130 Å². The molecule has 2 aliphatic heterocycles. The van der Waals surface area contributed by atoms with Crippen molar-refractivity contribution in [3.63, 3.8) is 0 Å². The quantitative estimate of drug-likeness (QED) is 0.0248. The first-order chi connectivity index (χ1) is 27.2. The van der Waals surface area contributed by atoms with E-state index in [0.717, 1.165) is 25.8 Å². The zero-order valence-corrected chi connectivity index (χ0v) is 34.2. The molecule has 0 radical (unpaired) electrons. The first-order valence-corrected chi connectivity index (χ1v) is 20.0. The van der Waals surface area contributed by atoms with Gasteiger partial charge in [-0.15, -0.1) is 0 Å². The minimum Gasteiger partial charge on any atom is -0.379 e. The Bertz CT molecular complexity index is 1710. The zero-order chi connectivity index (χ0) is 40.1. The fraction of sp³-hybridized carbons (Fsp3) is 0.545. The number of carbonyl (C=O) groups is 1. The normalized spacial score (nSPS) is 16.2. The third-order valence-electron chi connectivity index (χ3n) is 10.2. The van der Waals surface area contributed by atoms with E-state index in [1.165, 1.54) is 33.9 Å². The van der Waals surface area contributed by atoms with E-state index in [1.807, 2.05) is 0 Å². The summed E-state index contributed by atoms with van der Waals surface area (Å²) >= 11 is 0. The molecule has 12 heteroatoms. The van der Waals surface area contributed by atoms with Gasteiger partial charge in [0.1, 0.15) is 7.05 Å². The van der Waals surface area contributed by atoms with Crippen LogP contribution < -0.4 is 10.2 Å². The fourth-order valence-corrected chi connectivity index (χ4v) is 7.26. The Morgan fingerprint density at radius 2 is 1.38 bits per heavy atom. The van der Waals surface area contributed by atoms with Crippen LogP contribution in [0.15, 0.2) is 89.7 Å². The fourth-order valence-electron chi connectivity index (χ4n) is 7.26. The summed E-state index contributed by atoms with van der Waals surface area (Å²) < 4.78 is 29.5. The Labute approximate surface area is 333 Å². The van der Waals surface area contributed by atoms with E-state index in [0.29, 0.717) is 85.6 Å². The molecule has 0 unspecified atom stereocenters. The van der Waals surface area contributed by atoms with Crippen LogP contribution in [0.4, 0.5) is 11.4 Å². The first kappa shape index (κ1) is 44.4. The number of carbonyl (C=O) groups excluding carboxylic acids is 1. The standard InChI is InChI=1S/C44H62N6O6/c1-43(2)36-16-11-13-18-38(36)49(5)40(43)20-8-6-9-21-41-44(3,4)37-17-12-14-19-39(37)50(41)25-15-7-10-22-42(51)46-23-26-52-28-30-54-32-34-56-35-33-55-31-29-53-27-24-47-48-45/h6,8-9,11-14,16-21H,7,10,15,22-35H2,1-5H3/p+1. The van der Waals surface area contributed by atoms with Crippen LogP contribution in [0, 0.1) is 0 Å². The van der Waals surface area contributed by atoms with Crippen LogP contribution in [-0.4, -0.2) is 109 Å². The molecule has 0 saturated carbocycles. The van der Waals surface area contributed by atoms with Crippen LogP contribution in [0.1, 0.15) is 64.5 Å². The number of ether oxygens (including phenoxy) is 5. The highest BCUT2D eigenvalue weighted by Crippen LogP contribution is 2.47. The van der Waals surface area contributed by atoms with Crippen LogP contribution in [0.3, 0.4) is 0 Å². The highest BCUT2D eigenvalue weighted by molar-refractivity contribution is 6.03. The maximum absolute atomic E-state index is 12.4. The van der Waals surface area contributed by atoms with Crippen molar-refractivity contribution in [1.82, 2.24) is 5.32 Å². The van der Waals surface area contributed by atoms with Crippen molar-refractivity contribution >= 4 is 23.0 Å². The number of amides is 1. The van der Waals surface area contributed by atoms with Crippen LogP contribution in [0.25, 0.3) is 10.4 Å². The van der Waals surface area contributed by atoms with E-state index in [9.17, 15) is 4.79 Å². The second kappa shape index (κ2) is 23.7. The van der Waals surface area contributed by atoms with E-state index in [1.54, 1.807) is 0 Å². The SMILES string of the molecule is C[N+]1=C(/C=C/C=C/C=C2N(CCCCCC(=O)NCCOCCOCCOCCOCCOCCN=[N+]=[N-])c3ccccc3C2(C)C)C(C)(C)c2ccccc21. The third-order valence-corrected chi connectivity index (χ3v) is 10.2. The monoisotopic (exact) mass is 771 g/mol. The van der Waals surface area contributed by atoms with Crippen molar-refractivity contribution in [1.29, 1.82) is 0 Å². The van der Waals surface area contributed by atoms with Crippen LogP contribution in [0.2, 0.25) is 0 Å². The number of azide groups is 1. The van der Waals surface area contributed by atoms with E-state index in [2.05, 4.69) is 138 Å². The van der Waals surface area contributed by atoms with E-state index in [-0.39, 0.29) is 16.7 Å². The van der Waals surface area contributed by atoms with Gasteiger partial charge in [0, 0.05) is 65.5 Å². The van der Waals surface area contributed by atoms with Gasteiger partial charge in [0.15, 0.2) is 5.71 Å². The molecule has 0 aromatic heterocycles. The van der Waals surface area contributed by atoms with Gasteiger partial charge in [0.2, 0.25) is 11.6 Å². The van der Waals surface area contributed by atoms with Gasteiger partial charge in [-0.05, 0) is 49.9 Å². The Morgan fingerprint density at radius 3 is 2.04 bits per heavy atom.